The minimum absolute atomic E-state index is 0.122. The van der Waals surface area contributed by atoms with E-state index >= 15 is 0 Å². The predicted octanol–water partition coefficient (Wildman–Crippen LogP) is 1.57. The van der Waals surface area contributed by atoms with Gasteiger partial charge in [-0.1, -0.05) is 18.6 Å². The second kappa shape index (κ2) is 3.30. The minimum atomic E-state index is -0.994. The lowest BCUT2D eigenvalue weighted by atomic mass is 9.52. The van der Waals surface area contributed by atoms with Gasteiger partial charge in [0.25, 0.3) is 0 Å². The number of hydrogen-bond donors (Lipinski definition) is 1. The molecular formula is C15H20O4. The molecule has 0 amide bonds. The SMILES string of the molecule is CC1=C[C@@H]2O[C@H](O)[C@@]34CC(=O)C[C@]3(C)[C@]2(CC1)CO4. The molecule has 3 fully saturated rings. The van der Waals surface area contributed by atoms with Crippen LogP contribution in [0.4, 0.5) is 0 Å². The number of rotatable bonds is 0. The highest BCUT2D eigenvalue weighted by Crippen LogP contribution is 2.70. The lowest BCUT2D eigenvalue weighted by Gasteiger charge is -2.56. The van der Waals surface area contributed by atoms with Gasteiger partial charge in [0, 0.05) is 23.7 Å². The number of aliphatic hydroxyl groups is 1. The Hall–Kier alpha value is -0.710. The Kier molecular flexibility index (Phi) is 2.09. The average Bonchev–Trinajstić information content (AvgIpc) is 2.67. The van der Waals surface area contributed by atoms with Crippen LogP contribution in [0, 0.1) is 10.8 Å². The second-order valence-corrected chi connectivity index (χ2v) is 6.98. The maximum atomic E-state index is 12.0. The molecule has 2 heterocycles. The third kappa shape index (κ3) is 1.11. The average molecular weight is 264 g/mol. The van der Waals surface area contributed by atoms with Crippen molar-refractivity contribution in [2.24, 2.45) is 10.8 Å². The van der Waals surface area contributed by atoms with Gasteiger partial charge in [0.1, 0.15) is 11.4 Å². The van der Waals surface area contributed by atoms with Gasteiger partial charge >= 0.3 is 0 Å². The van der Waals surface area contributed by atoms with E-state index in [1.54, 1.807) is 0 Å². The van der Waals surface area contributed by atoms with Gasteiger partial charge in [-0.15, -0.1) is 0 Å². The molecule has 2 bridgehead atoms. The highest BCUT2D eigenvalue weighted by molar-refractivity contribution is 5.84. The minimum Gasteiger partial charge on any atom is -0.368 e. The van der Waals surface area contributed by atoms with Crippen LogP contribution >= 0.6 is 0 Å². The van der Waals surface area contributed by atoms with Crippen molar-refractivity contribution >= 4 is 5.78 Å². The van der Waals surface area contributed by atoms with Crippen LogP contribution in [0.5, 0.6) is 0 Å². The predicted molar refractivity (Wildman–Crippen MR) is 67.3 cm³/mol. The zero-order valence-corrected chi connectivity index (χ0v) is 11.4. The summed E-state index contributed by atoms with van der Waals surface area (Å²) < 4.78 is 11.9. The van der Waals surface area contributed by atoms with E-state index in [1.165, 1.54) is 5.57 Å². The Morgan fingerprint density at radius 1 is 1.42 bits per heavy atom. The molecule has 4 rings (SSSR count). The van der Waals surface area contributed by atoms with E-state index in [2.05, 4.69) is 19.9 Å². The van der Waals surface area contributed by atoms with E-state index < -0.39 is 11.9 Å². The molecule has 4 aliphatic rings. The van der Waals surface area contributed by atoms with Crippen LogP contribution in [0.1, 0.15) is 39.5 Å². The standard InChI is InChI=1S/C15H20O4/c1-9-3-4-14-8-18-15(12(17)19-11(14)5-9)7-10(16)6-13(14,15)2/h5,11-12,17H,3-4,6-8H2,1-2H3/t11-,12-,13+,14+,15-/m0/s1. The fourth-order valence-corrected chi connectivity index (χ4v) is 4.98. The summed E-state index contributed by atoms with van der Waals surface area (Å²) in [4.78, 5) is 12.0. The van der Waals surface area contributed by atoms with Crippen molar-refractivity contribution < 1.29 is 19.4 Å². The second-order valence-electron chi connectivity index (χ2n) is 6.98. The molecule has 5 atom stereocenters. The Balaban J connectivity index is 1.91. The number of allylic oxidation sites excluding steroid dienone is 1. The molecule has 0 aromatic heterocycles. The maximum Gasteiger partial charge on any atom is 0.185 e. The quantitative estimate of drug-likeness (QED) is 0.675. The van der Waals surface area contributed by atoms with Crippen LogP contribution in [0.15, 0.2) is 11.6 Å². The first-order chi connectivity index (χ1) is 8.93. The molecule has 104 valence electrons. The number of carbonyl (C=O) groups excluding carboxylic acids is 1. The molecule has 1 N–H and O–H groups in total. The molecule has 4 heteroatoms. The molecule has 2 saturated heterocycles. The monoisotopic (exact) mass is 264 g/mol. The number of Topliss-reactive ketones (excluding diaryl/α,β-unsaturated/α-hetero) is 1. The molecule has 0 unspecified atom stereocenters. The molecule has 19 heavy (non-hydrogen) atoms. The van der Waals surface area contributed by atoms with Crippen molar-refractivity contribution in [2.45, 2.75) is 57.5 Å². The number of ketones is 1. The molecule has 4 nitrogen and oxygen atoms in total. The van der Waals surface area contributed by atoms with Crippen LogP contribution in [0.25, 0.3) is 0 Å². The molecule has 2 aliphatic carbocycles. The first kappa shape index (κ1) is 12.1. The summed E-state index contributed by atoms with van der Waals surface area (Å²) in [5, 5.41) is 10.4. The number of carbonyl (C=O) groups is 1. The van der Waals surface area contributed by atoms with Gasteiger partial charge in [-0.2, -0.15) is 0 Å². The Morgan fingerprint density at radius 2 is 2.21 bits per heavy atom. The zero-order chi connectivity index (χ0) is 13.5. The normalized spacial score (nSPS) is 55.7. The molecule has 0 radical (unpaired) electrons. The van der Waals surface area contributed by atoms with Gasteiger partial charge in [0.2, 0.25) is 0 Å². The van der Waals surface area contributed by atoms with Crippen molar-refractivity contribution in [3.8, 4) is 0 Å². The van der Waals surface area contributed by atoms with E-state index in [1.807, 2.05) is 0 Å². The van der Waals surface area contributed by atoms with E-state index in [0.717, 1.165) is 12.8 Å². The van der Waals surface area contributed by atoms with Crippen molar-refractivity contribution in [1.82, 2.24) is 0 Å². The van der Waals surface area contributed by atoms with Crippen LogP contribution in [-0.4, -0.2) is 35.5 Å². The van der Waals surface area contributed by atoms with Gasteiger partial charge in [0.05, 0.1) is 12.7 Å². The topological polar surface area (TPSA) is 55.8 Å². The molecule has 1 saturated carbocycles. The van der Waals surface area contributed by atoms with Crippen LogP contribution < -0.4 is 0 Å². The third-order valence-corrected chi connectivity index (χ3v) is 6.25. The molecular weight excluding hydrogens is 244 g/mol. The van der Waals surface area contributed by atoms with Crippen molar-refractivity contribution in [3.63, 3.8) is 0 Å². The first-order valence-corrected chi connectivity index (χ1v) is 7.10. The van der Waals surface area contributed by atoms with Crippen molar-refractivity contribution in [1.29, 1.82) is 0 Å². The molecule has 1 spiro atoms. The van der Waals surface area contributed by atoms with E-state index in [9.17, 15) is 9.90 Å². The van der Waals surface area contributed by atoms with Crippen LogP contribution in [0.2, 0.25) is 0 Å². The van der Waals surface area contributed by atoms with Crippen LogP contribution in [0.3, 0.4) is 0 Å². The highest BCUT2D eigenvalue weighted by Gasteiger charge is 2.78. The fourth-order valence-electron chi connectivity index (χ4n) is 4.98. The lowest BCUT2D eigenvalue weighted by Crippen LogP contribution is -2.64. The van der Waals surface area contributed by atoms with Crippen molar-refractivity contribution in [3.05, 3.63) is 11.6 Å². The lowest BCUT2D eigenvalue weighted by molar-refractivity contribution is -0.290. The number of hydrogen-bond acceptors (Lipinski definition) is 4. The molecule has 2 aliphatic heterocycles. The summed E-state index contributed by atoms with van der Waals surface area (Å²) in [6.07, 6.45) is 3.82. The summed E-state index contributed by atoms with van der Waals surface area (Å²) >= 11 is 0. The van der Waals surface area contributed by atoms with Gasteiger partial charge in [0.15, 0.2) is 6.29 Å². The largest absolute Gasteiger partial charge is 0.368 e. The summed E-state index contributed by atoms with van der Waals surface area (Å²) in [6, 6.07) is 0. The summed E-state index contributed by atoms with van der Waals surface area (Å²) in [7, 11) is 0. The fraction of sp³-hybridized carbons (Fsp3) is 0.800. The smallest absolute Gasteiger partial charge is 0.185 e. The van der Waals surface area contributed by atoms with Crippen molar-refractivity contribution in [2.75, 3.05) is 6.61 Å². The molecule has 0 aromatic rings. The Morgan fingerprint density at radius 3 is 3.00 bits per heavy atom. The van der Waals surface area contributed by atoms with Gasteiger partial charge in [-0.05, 0) is 19.8 Å². The number of ether oxygens (including phenoxy) is 2. The zero-order valence-electron chi connectivity index (χ0n) is 11.4. The van der Waals surface area contributed by atoms with Gasteiger partial charge in [-0.3, -0.25) is 4.79 Å². The highest BCUT2D eigenvalue weighted by atomic mass is 16.7. The Bertz CT molecular complexity index is 498. The van der Waals surface area contributed by atoms with E-state index in [0.29, 0.717) is 19.4 Å². The van der Waals surface area contributed by atoms with Gasteiger partial charge in [-0.25, -0.2) is 0 Å². The maximum absolute atomic E-state index is 12.0. The molecule has 0 aromatic carbocycles. The van der Waals surface area contributed by atoms with E-state index in [-0.39, 0.29) is 22.7 Å². The van der Waals surface area contributed by atoms with Gasteiger partial charge < -0.3 is 14.6 Å². The summed E-state index contributed by atoms with van der Waals surface area (Å²) in [5.41, 5.74) is 0.0592. The first-order valence-electron chi connectivity index (χ1n) is 7.10. The van der Waals surface area contributed by atoms with E-state index in [4.69, 9.17) is 9.47 Å². The third-order valence-electron chi connectivity index (χ3n) is 6.25. The Labute approximate surface area is 112 Å². The van der Waals surface area contributed by atoms with Crippen LogP contribution in [-0.2, 0) is 14.3 Å². The summed E-state index contributed by atoms with van der Waals surface area (Å²) in [6.45, 7) is 4.82. The summed E-state index contributed by atoms with van der Waals surface area (Å²) in [5.74, 6) is 0.191. The number of aliphatic hydroxyl groups excluding tert-OH is 1.